The number of amides is 2. The number of rotatable bonds is 3. The van der Waals surface area contributed by atoms with Gasteiger partial charge in [-0.05, 0) is 31.5 Å². The smallest absolute Gasteiger partial charge is 0.312 e. The van der Waals surface area contributed by atoms with E-state index in [4.69, 9.17) is 9.47 Å². The molecule has 1 N–H and O–H groups in total. The molecular weight excluding hydrogens is 303 g/mol. The second-order valence-corrected chi connectivity index (χ2v) is 5.52. The van der Waals surface area contributed by atoms with Crippen LogP contribution in [0.3, 0.4) is 0 Å². The van der Waals surface area contributed by atoms with Crippen LogP contribution in [0.2, 0.25) is 0 Å². The highest BCUT2D eigenvalue weighted by Gasteiger charge is 2.27. The zero-order valence-corrected chi connectivity index (χ0v) is 13.5. The van der Waals surface area contributed by atoms with Crippen molar-refractivity contribution < 1.29 is 23.5 Å². The Morgan fingerprint density at radius 3 is 2.83 bits per heavy atom. The molecule has 1 aliphatic rings. The first-order chi connectivity index (χ1) is 10.9. The van der Waals surface area contributed by atoms with Crippen molar-refractivity contribution in [3.8, 4) is 5.75 Å². The average Bonchev–Trinajstić information content (AvgIpc) is 2.53. The highest BCUT2D eigenvalue weighted by molar-refractivity contribution is 6.35. The van der Waals surface area contributed by atoms with Crippen molar-refractivity contribution in [1.82, 2.24) is 10.2 Å². The molecule has 0 bridgehead atoms. The molecule has 0 unspecified atom stereocenters. The number of methoxy groups -OCH3 is 1. The van der Waals surface area contributed by atoms with E-state index in [1.807, 2.05) is 6.92 Å². The summed E-state index contributed by atoms with van der Waals surface area (Å²) in [7, 11) is 1.38. The number of nitrogens with zero attached hydrogens (tertiary/aromatic N) is 1. The number of ether oxygens (including phenoxy) is 2. The summed E-state index contributed by atoms with van der Waals surface area (Å²) in [4.78, 5) is 25.7. The lowest BCUT2D eigenvalue weighted by molar-refractivity contribution is -0.150. The molecule has 0 aliphatic carbocycles. The molecule has 0 radical (unpaired) electrons. The van der Waals surface area contributed by atoms with Crippen LogP contribution in [0, 0.1) is 5.82 Å². The van der Waals surface area contributed by atoms with Gasteiger partial charge in [0.1, 0.15) is 0 Å². The Balaban J connectivity index is 1.98. The van der Waals surface area contributed by atoms with E-state index in [-0.39, 0.29) is 11.9 Å². The summed E-state index contributed by atoms with van der Waals surface area (Å²) in [5.74, 6) is -1.69. The van der Waals surface area contributed by atoms with Crippen LogP contribution in [0.1, 0.15) is 25.5 Å². The van der Waals surface area contributed by atoms with Gasteiger partial charge in [-0.2, -0.15) is 0 Å². The van der Waals surface area contributed by atoms with Gasteiger partial charge in [0.2, 0.25) is 0 Å². The van der Waals surface area contributed by atoms with E-state index in [0.29, 0.717) is 25.3 Å². The van der Waals surface area contributed by atoms with E-state index >= 15 is 0 Å². The summed E-state index contributed by atoms with van der Waals surface area (Å²) in [6, 6.07) is 3.92. The van der Waals surface area contributed by atoms with Crippen LogP contribution in [-0.2, 0) is 14.3 Å². The average molecular weight is 324 g/mol. The maximum atomic E-state index is 13.7. The minimum atomic E-state index is -0.706. The van der Waals surface area contributed by atoms with Gasteiger partial charge in [0, 0.05) is 13.1 Å². The minimum absolute atomic E-state index is 0.0893. The summed E-state index contributed by atoms with van der Waals surface area (Å²) in [6.45, 7) is 4.73. The molecule has 126 valence electrons. The summed E-state index contributed by atoms with van der Waals surface area (Å²) in [5, 5.41) is 2.59. The SMILES string of the molecule is COc1ccc([C@H](C)NC(=O)C(=O)N2CCO[C@H](C)C2)cc1F. The van der Waals surface area contributed by atoms with Gasteiger partial charge < -0.3 is 19.7 Å². The lowest BCUT2D eigenvalue weighted by Crippen LogP contribution is -2.50. The van der Waals surface area contributed by atoms with Crippen molar-refractivity contribution in [2.75, 3.05) is 26.8 Å². The molecule has 0 saturated carbocycles. The van der Waals surface area contributed by atoms with Gasteiger partial charge in [0.15, 0.2) is 11.6 Å². The number of carbonyl (C=O) groups excluding carboxylic acids is 2. The molecule has 0 aromatic heterocycles. The molecule has 2 atom stereocenters. The van der Waals surface area contributed by atoms with Crippen LogP contribution in [0.5, 0.6) is 5.75 Å². The molecular formula is C16H21FN2O4. The third-order valence-electron chi connectivity index (χ3n) is 3.75. The maximum Gasteiger partial charge on any atom is 0.312 e. The summed E-state index contributed by atoms with van der Waals surface area (Å²) >= 11 is 0. The number of carbonyl (C=O) groups is 2. The molecule has 1 aliphatic heterocycles. The number of hydrogen-bond donors (Lipinski definition) is 1. The van der Waals surface area contributed by atoms with E-state index < -0.39 is 23.7 Å². The monoisotopic (exact) mass is 324 g/mol. The van der Waals surface area contributed by atoms with Crippen LogP contribution in [0.15, 0.2) is 18.2 Å². The molecule has 7 heteroatoms. The number of nitrogens with one attached hydrogen (secondary N) is 1. The first-order valence-corrected chi connectivity index (χ1v) is 7.47. The molecule has 2 rings (SSSR count). The molecule has 1 heterocycles. The van der Waals surface area contributed by atoms with Crippen LogP contribution in [0.4, 0.5) is 4.39 Å². The lowest BCUT2D eigenvalue weighted by atomic mass is 10.1. The highest BCUT2D eigenvalue weighted by Crippen LogP contribution is 2.21. The summed E-state index contributed by atoms with van der Waals surface area (Å²) < 4.78 is 23.9. The molecule has 1 saturated heterocycles. The van der Waals surface area contributed by atoms with E-state index in [1.165, 1.54) is 24.1 Å². The third kappa shape index (κ3) is 4.19. The molecule has 1 aromatic rings. The Morgan fingerprint density at radius 2 is 2.22 bits per heavy atom. The van der Waals surface area contributed by atoms with Crippen molar-refractivity contribution in [2.45, 2.75) is 26.0 Å². The lowest BCUT2D eigenvalue weighted by Gasteiger charge is -2.30. The second-order valence-electron chi connectivity index (χ2n) is 5.52. The van der Waals surface area contributed by atoms with Crippen LogP contribution in [-0.4, -0.2) is 49.6 Å². The Hall–Kier alpha value is -2.15. The topological polar surface area (TPSA) is 67.9 Å². The third-order valence-corrected chi connectivity index (χ3v) is 3.75. The fourth-order valence-corrected chi connectivity index (χ4v) is 2.44. The summed E-state index contributed by atoms with van der Waals surface area (Å²) in [6.07, 6.45) is -0.0893. The molecule has 1 aromatic carbocycles. The van der Waals surface area contributed by atoms with E-state index in [9.17, 15) is 14.0 Å². The maximum absolute atomic E-state index is 13.7. The van der Waals surface area contributed by atoms with Crippen LogP contribution >= 0.6 is 0 Å². The fraction of sp³-hybridized carbons (Fsp3) is 0.500. The zero-order chi connectivity index (χ0) is 17.0. The van der Waals surface area contributed by atoms with Crippen molar-refractivity contribution in [1.29, 1.82) is 0 Å². The number of benzene rings is 1. The van der Waals surface area contributed by atoms with Crippen LogP contribution in [0.25, 0.3) is 0 Å². The van der Waals surface area contributed by atoms with Gasteiger partial charge in [-0.1, -0.05) is 6.07 Å². The first kappa shape index (κ1) is 17.2. The first-order valence-electron chi connectivity index (χ1n) is 7.47. The standard InChI is InChI=1S/C16H21FN2O4/c1-10-9-19(6-7-23-10)16(21)15(20)18-11(2)12-4-5-14(22-3)13(17)8-12/h4-5,8,10-11H,6-7,9H2,1-3H3,(H,18,20)/t10-,11+/m1/s1. The van der Waals surface area contributed by atoms with Crippen LogP contribution < -0.4 is 10.1 Å². The quantitative estimate of drug-likeness (QED) is 0.850. The normalized spacial score (nSPS) is 19.1. The van der Waals surface area contributed by atoms with E-state index in [2.05, 4.69) is 5.32 Å². The van der Waals surface area contributed by atoms with Crippen molar-refractivity contribution in [3.05, 3.63) is 29.6 Å². The van der Waals surface area contributed by atoms with Gasteiger partial charge in [0.05, 0.1) is 25.9 Å². The van der Waals surface area contributed by atoms with Gasteiger partial charge in [-0.3, -0.25) is 9.59 Å². The van der Waals surface area contributed by atoms with Crippen molar-refractivity contribution in [3.63, 3.8) is 0 Å². The predicted molar refractivity (Wildman–Crippen MR) is 81.5 cm³/mol. The predicted octanol–water partition coefficient (Wildman–Crippen LogP) is 1.26. The fourth-order valence-electron chi connectivity index (χ4n) is 2.44. The van der Waals surface area contributed by atoms with Crippen molar-refractivity contribution in [2.24, 2.45) is 0 Å². The Labute approximate surface area is 134 Å². The number of morpholine rings is 1. The molecule has 1 fully saturated rings. The second kappa shape index (κ2) is 7.41. The molecule has 2 amide bonds. The van der Waals surface area contributed by atoms with Gasteiger partial charge in [-0.15, -0.1) is 0 Å². The van der Waals surface area contributed by atoms with Gasteiger partial charge in [-0.25, -0.2) is 4.39 Å². The Bertz CT molecular complexity index is 593. The van der Waals surface area contributed by atoms with Gasteiger partial charge in [0.25, 0.3) is 0 Å². The Morgan fingerprint density at radius 1 is 1.48 bits per heavy atom. The largest absolute Gasteiger partial charge is 0.494 e. The minimum Gasteiger partial charge on any atom is -0.494 e. The Kier molecular flexibility index (Phi) is 5.54. The van der Waals surface area contributed by atoms with E-state index in [1.54, 1.807) is 13.0 Å². The van der Waals surface area contributed by atoms with Crippen molar-refractivity contribution >= 4 is 11.8 Å². The highest BCUT2D eigenvalue weighted by atomic mass is 19.1. The molecule has 0 spiro atoms. The van der Waals surface area contributed by atoms with Gasteiger partial charge >= 0.3 is 11.8 Å². The van der Waals surface area contributed by atoms with E-state index in [0.717, 1.165) is 0 Å². The summed E-state index contributed by atoms with van der Waals surface area (Å²) in [5.41, 5.74) is 0.555. The number of halogens is 1. The zero-order valence-electron chi connectivity index (χ0n) is 13.5. The number of hydrogen-bond acceptors (Lipinski definition) is 4. The molecule has 23 heavy (non-hydrogen) atoms. The molecule has 6 nitrogen and oxygen atoms in total.